The summed E-state index contributed by atoms with van der Waals surface area (Å²) in [7, 11) is -2.55. The smallest absolute Gasteiger partial charge is 0.264 e. The second-order valence-electron chi connectivity index (χ2n) is 10.4. The molecule has 0 saturated carbocycles. The number of sulfonamides is 1. The second kappa shape index (κ2) is 13.5. The zero-order chi connectivity index (χ0) is 29.4. The number of hydrogen-bond donors (Lipinski definition) is 1. The molecule has 0 aliphatic carbocycles. The molecule has 0 saturated heterocycles. The molecule has 0 aliphatic heterocycles. The van der Waals surface area contributed by atoms with E-state index in [0.29, 0.717) is 18.0 Å². The Labute approximate surface area is 238 Å². The van der Waals surface area contributed by atoms with E-state index in [-0.39, 0.29) is 23.3 Å². The highest BCUT2D eigenvalue weighted by Gasteiger charge is 2.32. The van der Waals surface area contributed by atoms with Crippen molar-refractivity contribution in [2.24, 2.45) is 5.92 Å². The van der Waals surface area contributed by atoms with Gasteiger partial charge < -0.3 is 15.0 Å². The number of rotatable bonds is 12. The number of amides is 2. The molecule has 1 unspecified atom stereocenters. The normalized spacial score (nSPS) is 12.1. The van der Waals surface area contributed by atoms with Crippen molar-refractivity contribution in [3.63, 3.8) is 0 Å². The zero-order valence-corrected chi connectivity index (χ0v) is 24.9. The molecule has 0 aromatic heterocycles. The minimum Gasteiger partial charge on any atom is -0.497 e. The van der Waals surface area contributed by atoms with Crippen LogP contribution in [0.15, 0.2) is 77.7 Å². The number of nitrogens with zero attached hydrogens (tertiary/aromatic N) is 2. The lowest BCUT2D eigenvalue weighted by Crippen LogP contribution is -2.51. The van der Waals surface area contributed by atoms with Crippen LogP contribution in [0.4, 0.5) is 5.69 Å². The molecule has 0 radical (unpaired) electrons. The van der Waals surface area contributed by atoms with Crippen molar-refractivity contribution in [3.8, 4) is 5.75 Å². The summed E-state index contributed by atoms with van der Waals surface area (Å²) in [6.45, 7) is 9.43. The fourth-order valence-corrected chi connectivity index (χ4v) is 5.56. The number of ether oxygens (including phenoxy) is 1. The molecule has 1 atom stereocenters. The molecule has 9 heteroatoms. The number of benzene rings is 3. The van der Waals surface area contributed by atoms with Gasteiger partial charge in [-0.1, -0.05) is 55.8 Å². The molecule has 0 aliphatic rings. The Morgan fingerprint density at radius 3 is 2.20 bits per heavy atom. The van der Waals surface area contributed by atoms with Gasteiger partial charge in [-0.2, -0.15) is 0 Å². The van der Waals surface area contributed by atoms with Gasteiger partial charge in [0.05, 0.1) is 17.7 Å². The minimum atomic E-state index is -4.10. The third kappa shape index (κ3) is 7.85. The van der Waals surface area contributed by atoms with E-state index in [9.17, 15) is 18.0 Å². The minimum absolute atomic E-state index is 0.0782. The molecular formula is C31H39N3O5S. The molecule has 3 aromatic carbocycles. The van der Waals surface area contributed by atoms with Crippen molar-refractivity contribution < 1.29 is 22.7 Å². The molecule has 0 spiro atoms. The Morgan fingerprint density at radius 1 is 0.900 bits per heavy atom. The average Bonchev–Trinajstić information content (AvgIpc) is 2.93. The Hall–Kier alpha value is -3.85. The first-order valence-electron chi connectivity index (χ1n) is 13.3. The second-order valence-corrected chi connectivity index (χ2v) is 12.2. The molecular weight excluding hydrogens is 526 g/mol. The molecule has 0 fully saturated rings. The van der Waals surface area contributed by atoms with Gasteiger partial charge in [0.25, 0.3) is 10.0 Å². The van der Waals surface area contributed by atoms with Crippen LogP contribution in [0.5, 0.6) is 5.75 Å². The van der Waals surface area contributed by atoms with Crippen molar-refractivity contribution in [3.05, 3.63) is 89.5 Å². The van der Waals surface area contributed by atoms with E-state index >= 15 is 0 Å². The molecule has 40 heavy (non-hydrogen) atoms. The quantitative estimate of drug-likeness (QED) is 0.344. The monoisotopic (exact) mass is 565 g/mol. The van der Waals surface area contributed by atoms with E-state index in [0.717, 1.165) is 21.0 Å². The average molecular weight is 566 g/mol. The lowest BCUT2D eigenvalue weighted by Gasteiger charge is -2.32. The number of hydrogen-bond acceptors (Lipinski definition) is 5. The maximum Gasteiger partial charge on any atom is 0.264 e. The highest BCUT2D eigenvalue weighted by molar-refractivity contribution is 7.92. The van der Waals surface area contributed by atoms with Crippen LogP contribution in [0.2, 0.25) is 0 Å². The van der Waals surface area contributed by atoms with Gasteiger partial charge in [-0.3, -0.25) is 13.9 Å². The Balaban J connectivity index is 2.02. The van der Waals surface area contributed by atoms with Crippen LogP contribution in [0.3, 0.4) is 0 Å². The Bertz CT molecular complexity index is 1420. The van der Waals surface area contributed by atoms with Gasteiger partial charge in [-0.05, 0) is 74.2 Å². The van der Waals surface area contributed by atoms with Gasteiger partial charge in [0.2, 0.25) is 11.8 Å². The van der Waals surface area contributed by atoms with Crippen LogP contribution >= 0.6 is 0 Å². The van der Waals surface area contributed by atoms with E-state index in [1.165, 1.54) is 17.0 Å². The van der Waals surface area contributed by atoms with Crippen LogP contribution in [0.1, 0.15) is 37.5 Å². The van der Waals surface area contributed by atoms with Crippen molar-refractivity contribution >= 4 is 27.5 Å². The van der Waals surface area contributed by atoms with Gasteiger partial charge in [0.15, 0.2) is 0 Å². The molecule has 8 nitrogen and oxygen atoms in total. The summed E-state index contributed by atoms with van der Waals surface area (Å²) in [6, 6.07) is 19.9. The third-order valence-corrected chi connectivity index (χ3v) is 8.30. The first kappa shape index (κ1) is 30.7. The van der Waals surface area contributed by atoms with Gasteiger partial charge >= 0.3 is 0 Å². The highest BCUT2D eigenvalue weighted by Crippen LogP contribution is 2.26. The maximum atomic E-state index is 14.0. The fourth-order valence-electron chi connectivity index (χ4n) is 4.15. The van der Waals surface area contributed by atoms with Gasteiger partial charge in [0.1, 0.15) is 18.3 Å². The van der Waals surface area contributed by atoms with Gasteiger partial charge in [0, 0.05) is 13.1 Å². The number of methoxy groups -OCH3 is 1. The topological polar surface area (TPSA) is 96.0 Å². The maximum absolute atomic E-state index is 14.0. The van der Waals surface area contributed by atoms with Gasteiger partial charge in [-0.15, -0.1) is 0 Å². The first-order chi connectivity index (χ1) is 18.9. The Kier molecular flexibility index (Phi) is 10.3. The van der Waals surface area contributed by atoms with Crippen molar-refractivity contribution in [2.45, 2.75) is 52.1 Å². The van der Waals surface area contributed by atoms with Crippen molar-refractivity contribution in [2.75, 3.05) is 24.5 Å². The standard InChI is InChI=1S/C31H39N3O5S/c1-22(2)19-32-31(36)25(5)33(20-26-10-8-12-28(18-26)39-6)30(35)21-34(27-11-7-9-24(4)17-27)40(37,38)29-15-13-23(3)14-16-29/h7-18,22,25H,19-21H2,1-6H3,(H,32,36). The van der Waals surface area contributed by atoms with E-state index in [1.807, 2.05) is 39.8 Å². The highest BCUT2D eigenvalue weighted by atomic mass is 32.2. The molecule has 3 rings (SSSR count). The molecule has 214 valence electrons. The summed E-state index contributed by atoms with van der Waals surface area (Å²) in [5.41, 5.74) is 2.89. The summed E-state index contributed by atoms with van der Waals surface area (Å²) < 4.78 is 34.2. The summed E-state index contributed by atoms with van der Waals surface area (Å²) >= 11 is 0. The lowest BCUT2D eigenvalue weighted by molar-refractivity contribution is -0.139. The third-order valence-electron chi connectivity index (χ3n) is 6.52. The molecule has 1 N–H and O–H groups in total. The number of carbonyl (C=O) groups is 2. The SMILES string of the molecule is COc1cccc(CN(C(=O)CN(c2cccc(C)c2)S(=O)(=O)c2ccc(C)cc2)C(C)C(=O)NCC(C)C)c1. The molecule has 3 aromatic rings. The number of nitrogens with one attached hydrogen (secondary N) is 1. The molecule has 0 bridgehead atoms. The lowest BCUT2D eigenvalue weighted by atomic mass is 10.1. The van der Waals surface area contributed by atoms with Crippen LogP contribution in [-0.2, 0) is 26.2 Å². The first-order valence-corrected chi connectivity index (χ1v) is 14.7. The Morgan fingerprint density at radius 2 is 1.57 bits per heavy atom. The summed E-state index contributed by atoms with van der Waals surface area (Å²) in [5, 5.41) is 2.89. The summed E-state index contributed by atoms with van der Waals surface area (Å²) in [4.78, 5) is 28.6. The van der Waals surface area contributed by atoms with E-state index in [1.54, 1.807) is 62.6 Å². The zero-order valence-electron chi connectivity index (χ0n) is 24.0. The van der Waals surface area contributed by atoms with Crippen LogP contribution in [0.25, 0.3) is 0 Å². The predicted octanol–water partition coefficient (Wildman–Crippen LogP) is 4.70. The number of aryl methyl sites for hydroxylation is 2. The van der Waals surface area contributed by atoms with Crippen molar-refractivity contribution in [1.29, 1.82) is 0 Å². The van der Waals surface area contributed by atoms with Gasteiger partial charge in [-0.25, -0.2) is 8.42 Å². The van der Waals surface area contributed by atoms with Crippen LogP contribution < -0.4 is 14.4 Å². The van der Waals surface area contributed by atoms with Crippen LogP contribution in [-0.4, -0.2) is 51.4 Å². The van der Waals surface area contributed by atoms with E-state index in [2.05, 4.69) is 5.32 Å². The number of anilines is 1. The van der Waals surface area contributed by atoms with E-state index < -0.39 is 28.5 Å². The summed E-state index contributed by atoms with van der Waals surface area (Å²) in [5.74, 6) is 0.0287. The largest absolute Gasteiger partial charge is 0.497 e. The number of carbonyl (C=O) groups excluding carboxylic acids is 2. The van der Waals surface area contributed by atoms with Crippen molar-refractivity contribution in [1.82, 2.24) is 10.2 Å². The molecule has 2 amide bonds. The summed E-state index contributed by atoms with van der Waals surface area (Å²) in [6.07, 6.45) is 0. The van der Waals surface area contributed by atoms with E-state index in [4.69, 9.17) is 4.74 Å². The molecule has 0 heterocycles. The fraction of sp³-hybridized carbons (Fsp3) is 0.355. The predicted molar refractivity (Wildman–Crippen MR) is 158 cm³/mol. The van der Waals surface area contributed by atoms with Crippen LogP contribution in [0, 0.1) is 19.8 Å².